The van der Waals surface area contributed by atoms with Crippen molar-refractivity contribution in [1.82, 2.24) is 3.97 Å². The predicted molar refractivity (Wildman–Crippen MR) is 91.6 cm³/mol. The molecule has 0 saturated heterocycles. The van der Waals surface area contributed by atoms with Crippen LogP contribution in [0.3, 0.4) is 0 Å². The fourth-order valence-electron chi connectivity index (χ4n) is 2.61. The molecule has 0 aliphatic carbocycles. The minimum atomic E-state index is -3.64. The standard InChI is InChI=1S/C18H17NO3S/c1-14(13-22-2)17-12-19(18-11-7-6-10-16(17)18)23(20,21)15-8-4-3-5-9-15/h3-13H,1-2H3/b14-13+. The summed E-state index contributed by atoms with van der Waals surface area (Å²) >= 11 is 0. The molecule has 0 atom stereocenters. The van der Waals surface area contributed by atoms with Gasteiger partial charge in [-0.2, -0.15) is 0 Å². The van der Waals surface area contributed by atoms with Gasteiger partial charge in [0.2, 0.25) is 0 Å². The lowest BCUT2D eigenvalue weighted by atomic mass is 10.1. The Morgan fingerprint density at radius 2 is 1.70 bits per heavy atom. The van der Waals surface area contributed by atoms with Crippen molar-refractivity contribution in [3.63, 3.8) is 0 Å². The molecular formula is C18H17NO3S. The third-order valence-electron chi connectivity index (χ3n) is 3.70. The summed E-state index contributed by atoms with van der Waals surface area (Å²) in [5, 5.41) is 0.873. The number of hydrogen-bond acceptors (Lipinski definition) is 3. The summed E-state index contributed by atoms with van der Waals surface area (Å²) in [4.78, 5) is 0.265. The number of aromatic nitrogens is 1. The van der Waals surface area contributed by atoms with Crippen LogP contribution in [0.2, 0.25) is 0 Å². The molecular weight excluding hydrogens is 310 g/mol. The van der Waals surface area contributed by atoms with E-state index >= 15 is 0 Å². The fourth-order valence-corrected chi connectivity index (χ4v) is 4.00. The summed E-state index contributed by atoms with van der Waals surface area (Å²) in [5.74, 6) is 0. The third kappa shape index (κ3) is 2.64. The van der Waals surface area contributed by atoms with Gasteiger partial charge < -0.3 is 4.74 Å². The third-order valence-corrected chi connectivity index (χ3v) is 5.39. The van der Waals surface area contributed by atoms with Crippen molar-refractivity contribution in [2.75, 3.05) is 7.11 Å². The minimum absolute atomic E-state index is 0.265. The van der Waals surface area contributed by atoms with Gasteiger partial charge in [0.25, 0.3) is 10.0 Å². The van der Waals surface area contributed by atoms with Crippen LogP contribution in [0.25, 0.3) is 16.5 Å². The van der Waals surface area contributed by atoms with Gasteiger partial charge in [-0.3, -0.25) is 0 Å². The van der Waals surface area contributed by atoms with E-state index in [2.05, 4.69) is 0 Å². The molecule has 1 heterocycles. The van der Waals surface area contributed by atoms with Crippen LogP contribution in [0, 0.1) is 0 Å². The maximum atomic E-state index is 13.0. The van der Waals surface area contributed by atoms with E-state index in [1.807, 2.05) is 25.1 Å². The van der Waals surface area contributed by atoms with E-state index in [9.17, 15) is 8.42 Å². The first-order valence-electron chi connectivity index (χ1n) is 7.16. The number of benzene rings is 2. The summed E-state index contributed by atoms with van der Waals surface area (Å²) in [6.07, 6.45) is 3.26. The highest BCUT2D eigenvalue weighted by atomic mass is 32.2. The zero-order valence-corrected chi connectivity index (χ0v) is 13.7. The second-order valence-electron chi connectivity index (χ2n) is 5.21. The highest BCUT2D eigenvalue weighted by molar-refractivity contribution is 7.90. The quantitative estimate of drug-likeness (QED) is 0.683. The molecule has 23 heavy (non-hydrogen) atoms. The highest BCUT2D eigenvalue weighted by Gasteiger charge is 2.21. The van der Waals surface area contributed by atoms with Gasteiger partial charge in [0.1, 0.15) is 0 Å². The van der Waals surface area contributed by atoms with Crippen molar-refractivity contribution in [3.8, 4) is 0 Å². The molecule has 0 unspecified atom stereocenters. The summed E-state index contributed by atoms with van der Waals surface area (Å²) in [6.45, 7) is 1.89. The van der Waals surface area contributed by atoms with Crippen LogP contribution in [-0.4, -0.2) is 19.5 Å². The topological polar surface area (TPSA) is 48.3 Å². The highest BCUT2D eigenvalue weighted by Crippen LogP contribution is 2.30. The van der Waals surface area contributed by atoms with Crippen LogP contribution in [-0.2, 0) is 14.8 Å². The second-order valence-corrected chi connectivity index (χ2v) is 7.03. The van der Waals surface area contributed by atoms with E-state index in [-0.39, 0.29) is 4.90 Å². The SMILES string of the molecule is CO/C=C(\C)c1cn(S(=O)(=O)c2ccccc2)c2ccccc12. The normalized spacial score (nSPS) is 12.5. The molecule has 0 saturated carbocycles. The van der Waals surface area contributed by atoms with Gasteiger partial charge in [0.05, 0.1) is 23.8 Å². The molecule has 118 valence electrons. The summed E-state index contributed by atoms with van der Waals surface area (Å²) in [5.41, 5.74) is 2.35. The molecule has 5 heteroatoms. The zero-order valence-electron chi connectivity index (χ0n) is 12.9. The number of ether oxygens (including phenoxy) is 1. The monoisotopic (exact) mass is 327 g/mol. The lowest BCUT2D eigenvalue weighted by Gasteiger charge is -2.07. The predicted octanol–water partition coefficient (Wildman–Crippen LogP) is 3.89. The number of para-hydroxylation sites is 1. The molecule has 2 aromatic carbocycles. The fraction of sp³-hybridized carbons (Fsp3) is 0.111. The van der Waals surface area contributed by atoms with Gasteiger partial charge in [0, 0.05) is 17.1 Å². The van der Waals surface area contributed by atoms with Crippen molar-refractivity contribution in [1.29, 1.82) is 0 Å². The molecule has 0 aliphatic heterocycles. The zero-order chi connectivity index (χ0) is 16.4. The van der Waals surface area contributed by atoms with Crippen LogP contribution < -0.4 is 0 Å². The van der Waals surface area contributed by atoms with Gasteiger partial charge in [0.15, 0.2) is 0 Å². The van der Waals surface area contributed by atoms with Crippen molar-refractivity contribution >= 4 is 26.5 Å². The van der Waals surface area contributed by atoms with E-state index < -0.39 is 10.0 Å². The molecule has 1 aromatic heterocycles. The first-order chi connectivity index (χ1) is 11.1. The number of fused-ring (bicyclic) bond motifs is 1. The maximum absolute atomic E-state index is 13.0. The van der Waals surface area contributed by atoms with Crippen molar-refractivity contribution in [3.05, 3.63) is 72.6 Å². The number of methoxy groups -OCH3 is 1. The van der Waals surface area contributed by atoms with Crippen LogP contribution in [0.1, 0.15) is 12.5 Å². The Bertz CT molecular complexity index is 970. The Balaban J connectivity index is 2.29. The molecule has 0 amide bonds. The van der Waals surface area contributed by atoms with Gasteiger partial charge in [-0.15, -0.1) is 0 Å². The Morgan fingerprint density at radius 3 is 2.39 bits per heavy atom. The maximum Gasteiger partial charge on any atom is 0.268 e. The van der Waals surface area contributed by atoms with Crippen LogP contribution in [0.15, 0.2) is 72.0 Å². The summed E-state index contributed by atoms with van der Waals surface area (Å²) < 4.78 is 32.3. The number of hydrogen-bond donors (Lipinski definition) is 0. The van der Waals surface area contributed by atoms with E-state index in [1.165, 1.54) is 3.97 Å². The smallest absolute Gasteiger partial charge is 0.268 e. The number of rotatable bonds is 4. The lowest BCUT2D eigenvalue weighted by molar-refractivity contribution is 0.339. The van der Waals surface area contributed by atoms with Crippen LogP contribution in [0.4, 0.5) is 0 Å². The van der Waals surface area contributed by atoms with Crippen molar-refractivity contribution in [2.45, 2.75) is 11.8 Å². The molecule has 0 spiro atoms. The van der Waals surface area contributed by atoms with E-state index in [0.29, 0.717) is 5.52 Å². The van der Waals surface area contributed by atoms with Gasteiger partial charge in [-0.25, -0.2) is 12.4 Å². The lowest BCUT2D eigenvalue weighted by Crippen LogP contribution is -2.11. The Labute approximate surface area is 135 Å². The van der Waals surface area contributed by atoms with E-state index in [4.69, 9.17) is 4.74 Å². The largest absolute Gasteiger partial charge is 0.504 e. The molecule has 3 aromatic rings. The van der Waals surface area contributed by atoms with E-state index in [0.717, 1.165) is 16.5 Å². The average molecular weight is 327 g/mol. The molecule has 0 N–H and O–H groups in total. The number of nitrogens with zero attached hydrogens (tertiary/aromatic N) is 1. The first-order valence-corrected chi connectivity index (χ1v) is 8.60. The Kier molecular flexibility index (Phi) is 3.96. The molecule has 0 aliphatic rings. The Morgan fingerprint density at radius 1 is 1.04 bits per heavy atom. The molecule has 0 fully saturated rings. The molecule has 0 bridgehead atoms. The molecule has 4 nitrogen and oxygen atoms in total. The molecule has 3 rings (SSSR count). The van der Waals surface area contributed by atoms with Gasteiger partial charge in [-0.1, -0.05) is 36.4 Å². The van der Waals surface area contributed by atoms with Crippen molar-refractivity contribution < 1.29 is 13.2 Å². The average Bonchev–Trinajstić information content (AvgIpc) is 2.96. The summed E-state index contributed by atoms with van der Waals surface area (Å²) in [7, 11) is -2.07. The van der Waals surface area contributed by atoms with Gasteiger partial charge >= 0.3 is 0 Å². The first kappa shape index (κ1) is 15.4. The van der Waals surface area contributed by atoms with E-state index in [1.54, 1.807) is 56.0 Å². The van der Waals surface area contributed by atoms with Crippen LogP contribution in [0.5, 0.6) is 0 Å². The molecule has 0 radical (unpaired) electrons. The number of allylic oxidation sites excluding steroid dienone is 1. The Hall–Kier alpha value is -2.53. The van der Waals surface area contributed by atoms with Crippen molar-refractivity contribution in [2.24, 2.45) is 0 Å². The van der Waals surface area contributed by atoms with Crippen LogP contribution >= 0.6 is 0 Å². The summed E-state index contributed by atoms with van der Waals surface area (Å²) in [6, 6.07) is 15.9. The minimum Gasteiger partial charge on any atom is -0.504 e. The second kappa shape index (κ2) is 5.93. The van der Waals surface area contributed by atoms with Gasteiger partial charge in [-0.05, 0) is 30.7 Å².